The maximum absolute atomic E-state index is 8.98. The summed E-state index contributed by atoms with van der Waals surface area (Å²) in [6, 6.07) is 97.0. The van der Waals surface area contributed by atoms with Gasteiger partial charge in [0.1, 0.15) is 0 Å². The maximum Gasteiger partial charge on any atom is 0.313 e. The first-order valence-electron chi connectivity index (χ1n) is 19.8. The van der Waals surface area contributed by atoms with Crippen LogP contribution in [0.4, 0.5) is 4.79 Å². The Kier molecular flexibility index (Phi) is 21.2. The number of benzene rings is 9. The van der Waals surface area contributed by atoms with Gasteiger partial charge >= 0.3 is 4.70 Å². The molecule has 0 amide bonds. The first-order valence-corrected chi connectivity index (χ1v) is 24.6. The summed E-state index contributed by atoms with van der Waals surface area (Å²) in [6.07, 6.45) is 0. The third kappa shape index (κ3) is 15.2. The summed E-state index contributed by atoms with van der Waals surface area (Å²) in [7, 11) is -1.34. The predicted molar refractivity (Wildman–Crippen MR) is 273 cm³/mol. The maximum atomic E-state index is 8.98. The summed E-state index contributed by atoms with van der Waals surface area (Å²) in [6.45, 7) is 0. The quantitative estimate of drug-likeness (QED) is 0.104. The molecule has 0 N–H and O–H groups in total. The smallest absolute Gasteiger partial charge is 0.262 e. The average molecular weight is 1080 g/mol. The Balaban J connectivity index is 0.000000167. The fourth-order valence-corrected chi connectivity index (χ4v) is 13.5. The van der Waals surface area contributed by atoms with Crippen LogP contribution >= 0.6 is 47.0 Å². The Morgan fingerprint density at radius 3 is 0.387 bits per heavy atom. The van der Waals surface area contributed by atoms with Crippen LogP contribution in [0.3, 0.4) is 0 Å². The van der Waals surface area contributed by atoms with E-state index in [2.05, 4.69) is 296 Å². The fourth-order valence-electron chi connectivity index (χ4n) is 6.54. The van der Waals surface area contributed by atoms with Crippen molar-refractivity contribution in [3.63, 3.8) is 0 Å². The summed E-state index contributed by atoms with van der Waals surface area (Å²) in [5.41, 5.74) is 0. The van der Waals surface area contributed by atoms with Crippen molar-refractivity contribution in [3.8, 4) is 0 Å². The molecule has 0 atom stereocenters. The third-order valence-corrected chi connectivity index (χ3v) is 16.5. The van der Waals surface area contributed by atoms with E-state index in [9.17, 15) is 0 Å². The van der Waals surface area contributed by atoms with Crippen molar-refractivity contribution in [1.82, 2.24) is 0 Å². The molecule has 309 valence electrons. The van der Waals surface area contributed by atoms with E-state index in [0.29, 0.717) is 0 Å². The largest absolute Gasteiger partial charge is 0.313 e. The van der Waals surface area contributed by atoms with Crippen LogP contribution in [0, 0.1) is 0 Å². The van der Waals surface area contributed by atoms with Crippen molar-refractivity contribution >= 4 is 99.4 Å². The summed E-state index contributed by atoms with van der Waals surface area (Å²) in [5, 5.41) is 12.6. The van der Waals surface area contributed by atoms with Gasteiger partial charge < -0.3 is 0 Å². The molecule has 0 spiro atoms. The van der Waals surface area contributed by atoms with Crippen molar-refractivity contribution in [2.75, 3.05) is 0 Å². The second kappa shape index (κ2) is 27.3. The molecule has 9 aromatic rings. The first-order chi connectivity index (χ1) is 30.1. The molecule has 0 bridgehead atoms. The summed E-state index contributed by atoms with van der Waals surface area (Å²) in [5.74, 6) is 0. The topological polar surface area (TPSA) is 17.1 Å². The SMILES string of the molecule is O=C(Cl)Cl.[Ir].c1ccc(P(c2ccccc2)c2ccccc2)cc1.c1ccc(P(c2ccccc2)c2ccccc2)cc1.c1ccc(P(c2ccccc2)c2ccccc2)cc1. The van der Waals surface area contributed by atoms with Crippen LogP contribution in [0.1, 0.15) is 0 Å². The number of carbonyl (C=O) groups is 1. The molecule has 1 radical (unpaired) electrons. The Morgan fingerprint density at radius 1 is 0.226 bits per heavy atom. The number of hydrogen-bond acceptors (Lipinski definition) is 1. The standard InChI is InChI=1S/3C18H15P.CCl2O.Ir/c3*1-4-10-16(11-5-1)19(17-12-6-2-7-13-17)18-14-8-3-9-15-18;2-1(3)4;/h3*1-15H;;. The van der Waals surface area contributed by atoms with E-state index >= 15 is 0 Å². The van der Waals surface area contributed by atoms with E-state index in [0.717, 1.165) is 0 Å². The Bertz CT molecular complexity index is 1980. The van der Waals surface area contributed by atoms with Gasteiger partial charge in [-0.25, -0.2) is 0 Å². The Hall–Kier alpha value is -4.83. The second-order valence-corrected chi connectivity index (χ2v) is 20.8. The van der Waals surface area contributed by atoms with Gasteiger partial charge in [-0.3, -0.25) is 4.79 Å². The van der Waals surface area contributed by atoms with Crippen LogP contribution in [0.15, 0.2) is 273 Å². The zero-order valence-corrected chi connectivity index (χ0v) is 40.4. The van der Waals surface area contributed by atoms with E-state index in [1.807, 2.05) is 0 Å². The van der Waals surface area contributed by atoms with Gasteiger partial charge in [0, 0.05) is 20.1 Å². The number of rotatable bonds is 9. The first kappa shape index (κ1) is 48.2. The van der Waals surface area contributed by atoms with Crippen LogP contribution in [0.25, 0.3) is 0 Å². The zero-order chi connectivity index (χ0) is 42.3. The summed E-state index contributed by atoms with van der Waals surface area (Å²) in [4.78, 5) is 8.98. The van der Waals surface area contributed by atoms with E-state index < -0.39 is 28.5 Å². The van der Waals surface area contributed by atoms with Gasteiger partial charge in [0.15, 0.2) is 0 Å². The molecule has 0 saturated carbocycles. The molecule has 9 aromatic carbocycles. The van der Waals surface area contributed by atoms with Gasteiger partial charge in [0.2, 0.25) is 0 Å². The summed E-state index contributed by atoms with van der Waals surface area (Å²) >= 11 is 8.80. The minimum absolute atomic E-state index is 0. The molecule has 62 heavy (non-hydrogen) atoms. The molecule has 0 heterocycles. The number of halogens is 2. The molecule has 0 fully saturated rings. The normalized spacial score (nSPS) is 10.1. The van der Waals surface area contributed by atoms with Gasteiger partial charge in [-0.05, 0) is 94.7 Å². The second-order valence-electron chi connectivity index (χ2n) is 13.3. The Morgan fingerprint density at radius 2 is 0.306 bits per heavy atom. The molecule has 0 aliphatic heterocycles. The van der Waals surface area contributed by atoms with Crippen molar-refractivity contribution in [3.05, 3.63) is 273 Å². The Labute approximate surface area is 394 Å². The molecule has 9 rings (SSSR count). The predicted octanol–water partition coefficient (Wildman–Crippen LogP) is 11.9. The van der Waals surface area contributed by atoms with E-state index in [4.69, 9.17) is 4.79 Å². The minimum Gasteiger partial charge on any atom is -0.262 e. The monoisotopic (exact) mass is 1080 g/mol. The summed E-state index contributed by atoms with van der Waals surface area (Å²) < 4.78 is -0.889. The molecule has 0 unspecified atom stereocenters. The molecule has 7 heteroatoms. The van der Waals surface area contributed by atoms with Crippen LogP contribution in [-0.4, -0.2) is 4.70 Å². The molecule has 0 saturated heterocycles. The molecule has 0 aliphatic rings. The zero-order valence-electron chi connectivity index (χ0n) is 33.8. The van der Waals surface area contributed by atoms with Crippen molar-refractivity contribution in [1.29, 1.82) is 0 Å². The van der Waals surface area contributed by atoms with Crippen LogP contribution in [0.5, 0.6) is 0 Å². The van der Waals surface area contributed by atoms with Gasteiger partial charge in [-0.1, -0.05) is 273 Å². The fraction of sp³-hybridized carbons (Fsp3) is 0. The number of hydrogen-bond donors (Lipinski definition) is 0. The van der Waals surface area contributed by atoms with Crippen LogP contribution < -0.4 is 47.7 Å². The van der Waals surface area contributed by atoms with Crippen molar-refractivity contribution in [2.45, 2.75) is 0 Å². The average Bonchev–Trinajstić information content (AvgIpc) is 3.33. The number of carbonyl (C=O) groups excluding carboxylic acids is 1. The van der Waals surface area contributed by atoms with Crippen LogP contribution in [0.2, 0.25) is 0 Å². The molecule has 1 nitrogen and oxygen atoms in total. The van der Waals surface area contributed by atoms with Gasteiger partial charge in [0.25, 0.3) is 0 Å². The van der Waals surface area contributed by atoms with Crippen molar-refractivity contribution < 1.29 is 24.9 Å². The minimum atomic E-state index is -0.889. The van der Waals surface area contributed by atoms with Crippen LogP contribution in [-0.2, 0) is 20.1 Å². The molecule has 0 aliphatic carbocycles. The van der Waals surface area contributed by atoms with E-state index in [1.54, 1.807) is 0 Å². The van der Waals surface area contributed by atoms with Gasteiger partial charge in [-0.15, -0.1) is 0 Å². The van der Waals surface area contributed by atoms with Gasteiger partial charge in [-0.2, -0.15) is 0 Å². The van der Waals surface area contributed by atoms with Crippen molar-refractivity contribution in [2.24, 2.45) is 0 Å². The molecular weight excluding hydrogens is 1030 g/mol. The van der Waals surface area contributed by atoms with Gasteiger partial charge in [0.05, 0.1) is 0 Å². The van der Waals surface area contributed by atoms with E-state index in [-0.39, 0.29) is 20.1 Å². The van der Waals surface area contributed by atoms with E-state index in [1.165, 1.54) is 47.7 Å². The molecule has 0 aromatic heterocycles. The third-order valence-electron chi connectivity index (χ3n) is 9.13. The molecular formula is C55H45Cl2IrOP3.